The Morgan fingerprint density at radius 3 is 3.18 bits per heavy atom. The first-order chi connectivity index (χ1) is 8.16. The van der Waals surface area contributed by atoms with Crippen molar-refractivity contribution in [3.8, 4) is 0 Å². The molecule has 6 nitrogen and oxygen atoms in total. The molecule has 0 radical (unpaired) electrons. The van der Waals surface area contributed by atoms with E-state index in [4.69, 9.17) is 0 Å². The highest BCUT2D eigenvalue weighted by atomic mass is 16.2. The Labute approximate surface area is 101 Å². The van der Waals surface area contributed by atoms with Crippen molar-refractivity contribution in [1.82, 2.24) is 25.6 Å². The maximum Gasteiger partial charge on any atom is 0.273 e. The van der Waals surface area contributed by atoms with Crippen LogP contribution in [0.4, 0.5) is 0 Å². The molecule has 0 aromatic carbocycles. The summed E-state index contributed by atoms with van der Waals surface area (Å²) in [5.74, 6) is 0.448. The minimum absolute atomic E-state index is 0.155. The number of carbonyl (C=O) groups is 1. The highest BCUT2D eigenvalue weighted by Crippen LogP contribution is 2.14. The molecule has 1 aliphatic rings. The minimum atomic E-state index is -0.155. The van der Waals surface area contributed by atoms with Gasteiger partial charge < -0.3 is 10.6 Å². The first kappa shape index (κ1) is 12.0. The largest absolute Gasteiger partial charge is 0.349 e. The van der Waals surface area contributed by atoms with Crippen LogP contribution in [0.2, 0.25) is 0 Å². The summed E-state index contributed by atoms with van der Waals surface area (Å²) in [5.41, 5.74) is 0.371. The van der Waals surface area contributed by atoms with E-state index < -0.39 is 0 Å². The molecule has 2 N–H and O–H groups in total. The fourth-order valence-electron chi connectivity index (χ4n) is 2.13. The van der Waals surface area contributed by atoms with Crippen LogP contribution < -0.4 is 10.6 Å². The zero-order valence-corrected chi connectivity index (χ0v) is 10.3. The van der Waals surface area contributed by atoms with E-state index in [1.165, 1.54) is 17.5 Å². The van der Waals surface area contributed by atoms with Crippen LogP contribution in [0.1, 0.15) is 30.3 Å². The van der Waals surface area contributed by atoms with Crippen LogP contribution in [0.25, 0.3) is 0 Å². The van der Waals surface area contributed by atoms with Gasteiger partial charge in [-0.2, -0.15) is 0 Å². The lowest BCUT2D eigenvalue weighted by molar-refractivity contribution is 0.0938. The number of nitrogens with zero attached hydrogens (tertiary/aromatic N) is 3. The van der Waals surface area contributed by atoms with E-state index in [2.05, 4.69) is 27.9 Å². The number of nitrogens with one attached hydrogen (secondary N) is 2. The number of carbonyl (C=O) groups excluding carboxylic acids is 1. The molecule has 2 heterocycles. The molecule has 6 heteroatoms. The lowest BCUT2D eigenvalue weighted by Crippen LogP contribution is -2.47. The van der Waals surface area contributed by atoms with E-state index in [0.29, 0.717) is 24.2 Å². The molecule has 2 unspecified atom stereocenters. The van der Waals surface area contributed by atoms with Gasteiger partial charge in [-0.15, -0.1) is 5.10 Å². The highest BCUT2D eigenvalue weighted by Gasteiger charge is 2.21. The maximum atomic E-state index is 11.8. The monoisotopic (exact) mass is 237 g/mol. The molecule has 1 fully saturated rings. The number of aromatic nitrogens is 3. The first-order valence-corrected chi connectivity index (χ1v) is 6.04. The smallest absolute Gasteiger partial charge is 0.273 e. The Hall–Kier alpha value is -1.43. The van der Waals surface area contributed by atoms with Crippen molar-refractivity contribution < 1.29 is 4.79 Å². The normalized spacial score (nSPS) is 24.6. The van der Waals surface area contributed by atoms with Crippen LogP contribution in [-0.4, -0.2) is 40.0 Å². The summed E-state index contributed by atoms with van der Waals surface area (Å²) in [5, 5.41) is 13.8. The van der Waals surface area contributed by atoms with E-state index >= 15 is 0 Å². The van der Waals surface area contributed by atoms with Gasteiger partial charge >= 0.3 is 0 Å². The van der Waals surface area contributed by atoms with Crippen molar-refractivity contribution in [3.63, 3.8) is 0 Å². The fraction of sp³-hybridized carbons (Fsp3) is 0.727. The van der Waals surface area contributed by atoms with Gasteiger partial charge in [-0.1, -0.05) is 12.1 Å². The van der Waals surface area contributed by atoms with Crippen LogP contribution in [-0.2, 0) is 7.05 Å². The van der Waals surface area contributed by atoms with Crippen LogP contribution in [0.3, 0.4) is 0 Å². The topological polar surface area (TPSA) is 71.8 Å². The van der Waals surface area contributed by atoms with Crippen LogP contribution >= 0.6 is 0 Å². The van der Waals surface area contributed by atoms with Gasteiger partial charge in [0.2, 0.25) is 0 Å². The number of aryl methyl sites for hydroxylation is 1. The highest BCUT2D eigenvalue weighted by molar-refractivity contribution is 5.91. The summed E-state index contributed by atoms with van der Waals surface area (Å²) in [6.07, 6.45) is 4.06. The van der Waals surface area contributed by atoms with Crippen molar-refractivity contribution in [2.45, 2.75) is 25.8 Å². The molecular formula is C11H19N5O. The van der Waals surface area contributed by atoms with Crippen molar-refractivity contribution >= 4 is 5.91 Å². The lowest BCUT2D eigenvalue weighted by Gasteiger charge is -2.30. The predicted molar refractivity (Wildman–Crippen MR) is 63.5 cm³/mol. The number of amides is 1. The summed E-state index contributed by atoms with van der Waals surface area (Å²) in [4.78, 5) is 11.8. The Morgan fingerprint density at radius 2 is 2.53 bits per heavy atom. The molecule has 17 heavy (non-hydrogen) atoms. The molecule has 0 bridgehead atoms. The summed E-state index contributed by atoms with van der Waals surface area (Å²) in [6, 6.07) is 0.365. The van der Waals surface area contributed by atoms with Gasteiger partial charge in [0.25, 0.3) is 5.91 Å². The van der Waals surface area contributed by atoms with E-state index in [9.17, 15) is 4.79 Å². The lowest BCUT2D eigenvalue weighted by atomic mass is 9.93. The van der Waals surface area contributed by atoms with Crippen molar-refractivity contribution in [1.29, 1.82) is 0 Å². The summed E-state index contributed by atoms with van der Waals surface area (Å²) < 4.78 is 1.52. The molecule has 2 atom stereocenters. The Morgan fingerprint density at radius 1 is 1.71 bits per heavy atom. The number of rotatable bonds is 3. The van der Waals surface area contributed by atoms with Gasteiger partial charge in [-0.05, 0) is 25.3 Å². The summed E-state index contributed by atoms with van der Waals surface area (Å²) in [7, 11) is 1.74. The predicted octanol–water partition coefficient (Wildman–Crippen LogP) is -0.0670. The molecule has 1 aromatic heterocycles. The maximum absolute atomic E-state index is 11.8. The molecule has 1 amide bonds. The van der Waals surface area contributed by atoms with E-state index in [1.54, 1.807) is 13.2 Å². The van der Waals surface area contributed by atoms with Crippen molar-refractivity contribution in [3.05, 3.63) is 11.9 Å². The van der Waals surface area contributed by atoms with Gasteiger partial charge in [0.15, 0.2) is 5.69 Å². The second kappa shape index (κ2) is 5.27. The number of hydrogen-bond acceptors (Lipinski definition) is 4. The molecule has 1 aliphatic heterocycles. The fourth-order valence-corrected chi connectivity index (χ4v) is 2.13. The van der Waals surface area contributed by atoms with Gasteiger partial charge in [0.05, 0.1) is 6.20 Å². The molecule has 94 valence electrons. The van der Waals surface area contributed by atoms with Crippen molar-refractivity contribution in [2.24, 2.45) is 13.0 Å². The summed E-state index contributed by atoms with van der Waals surface area (Å²) in [6.45, 7) is 3.90. The van der Waals surface area contributed by atoms with E-state index in [-0.39, 0.29) is 5.91 Å². The first-order valence-electron chi connectivity index (χ1n) is 6.04. The van der Waals surface area contributed by atoms with Crippen LogP contribution in [0.5, 0.6) is 0 Å². The standard InChI is InChI=1S/C11H19N5O/c1-8-4-3-5-12-9(8)6-13-11(17)10-7-16(2)15-14-10/h7-9,12H,3-6H2,1-2H3,(H,13,17). The van der Waals surface area contributed by atoms with E-state index in [1.807, 2.05) is 0 Å². The third kappa shape index (κ3) is 3.03. The Bertz CT molecular complexity index is 389. The molecule has 0 aliphatic carbocycles. The zero-order valence-electron chi connectivity index (χ0n) is 10.3. The molecule has 0 saturated carbocycles. The second-order valence-electron chi connectivity index (χ2n) is 4.67. The minimum Gasteiger partial charge on any atom is -0.349 e. The molecule has 1 saturated heterocycles. The molecule has 0 spiro atoms. The van der Waals surface area contributed by atoms with E-state index in [0.717, 1.165) is 6.54 Å². The second-order valence-corrected chi connectivity index (χ2v) is 4.67. The average molecular weight is 237 g/mol. The van der Waals surface area contributed by atoms with Crippen molar-refractivity contribution in [2.75, 3.05) is 13.1 Å². The molecule has 2 rings (SSSR count). The Kier molecular flexibility index (Phi) is 3.73. The SMILES string of the molecule is CC1CCCNC1CNC(=O)c1cn(C)nn1. The van der Waals surface area contributed by atoms with Gasteiger partial charge in [-0.3, -0.25) is 9.48 Å². The van der Waals surface area contributed by atoms with Gasteiger partial charge in [0, 0.05) is 19.6 Å². The molecular weight excluding hydrogens is 218 g/mol. The van der Waals surface area contributed by atoms with Crippen LogP contribution in [0.15, 0.2) is 6.20 Å². The van der Waals surface area contributed by atoms with Gasteiger partial charge in [0.1, 0.15) is 0 Å². The third-order valence-corrected chi connectivity index (χ3v) is 3.25. The van der Waals surface area contributed by atoms with Gasteiger partial charge in [-0.25, -0.2) is 0 Å². The summed E-state index contributed by atoms with van der Waals surface area (Å²) >= 11 is 0. The third-order valence-electron chi connectivity index (χ3n) is 3.25. The van der Waals surface area contributed by atoms with Crippen LogP contribution in [0, 0.1) is 5.92 Å². The quantitative estimate of drug-likeness (QED) is 0.772. The zero-order chi connectivity index (χ0) is 12.3. The molecule has 1 aromatic rings. The number of hydrogen-bond donors (Lipinski definition) is 2. The average Bonchev–Trinajstić information content (AvgIpc) is 2.74. The number of piperidine rings is 1. The Balaban J connectivity index is 1.83.